The number of halogens is 1. The maximum atomic E-state index is 12.3. The van der Waals surface area contributed by atoms with Gasteiger partial charge in [0.15, 0.2) is 5.96 Å². The van der Waals surface area contributed by atoms with E-state index in [9.17, 15) is 8.42 Å². The fraction of sp³-hybridized carbons (Fsp3) is 0.409. The summed E-state index contributed by atoms with van der Waals surface area (Å²) in [6.07, 6.45) is 2.22. The van der Waals surface area contributed by atoms with Crippen LogP contribution in [0.1, 0.15) is 18.9 Å². The molecule has 2 N–H and O–H groups in total. The largest absolute Gasteiger partial charge is 0.357 e. The molecule has 0 amide bonds. The minimum absolute atomic E-state index is 0. The molecule has 6 nitrogen and oxygen atoms in total. The molecule has 0 aliphatic carbocycles. The predicted molar refractivity (Wildman–Crippen MR) is 133 cm³/mol. The van der Waals surface area contributed by atoms with Crippen molar-refractivity contribution in [3.63, 3.8) is 0 Å². The van der Waals surface area contributed by atoms with Gasteiger partial charge in [0.25, 0.3) is 0 Å². The number of guanidine groups is 1. The highest BCUT2D eigenvalue weighted by atomic mass is 127. The van der Waals surface area contributed by atoms with Gasteiger partial charge in [0.1, 0.15) is 0 Å². The Morgan fingerprint density at radius 3 is 2.43 bits per heavy atom. The van der Waals surface area contributed by atoms with Crippen molar-refractivity contribution in [2.45, 2.75) is 24.7 Å². The van der Waals surface area contributed by atoms with Gasteiger partial charge in [-0.05, 0) is 43.4 Å². The molecule has 0 aromatic heterocycles. The molecule has 1 unspecified atom stereocenters. The highest BCUT2D eigenvalue weighted by molar-refractivity contribution is 14.0. The van der Waals surface area contributed by atoms with Crippen LogP contribution < -0.4 is 10.0 Å². The lowest BCUT2D eigenvalue weighted by Gasteiger charge is -2.21. The first kappa shape index (κ1) is 24.6. The molecule has 1 aliphatic rings. The van der Waals surface area contributed by atoms with Crippen LogP contribution in [0.2, 0.25) is 0 Å². The molecule has 3 rings (SSSR count). The van der Waals surface area contributed by atoms with Gasteiger partial charge in [-0.15, -0.1) is 24.0 Å². The van der Waals surface area contributed by atoms with Gasteiger partial charge in [0.2, 0.25) is 10.0 Å². The second-order valence-electron chi connectivity index (χ2n) is 7.24. The smallest absolute Gasteiger partial charge is 0.240 e. The Morgan fingerprint density at radius 1 is 1.10 bits per heavy atom. The van der Waals surface area contributed by atoms with Crippen LogP contribution in [0.15, 0.2) is 70.6 Å². The second-order valence-corrected chi connectivity index (χ2v) is 9.00. The summed E-state index contributed by atoms with van der Waals surface area (Å²) in [4.78, 5) is 7.20. The van der Waals surface area contributed by atoms with Crippen LogP contribution in [-0.4, -0.2) is 52.0 Å². The SMILES string of the molecule is CCNC(=NCCNS(=O)(=O)c1ccccc1)N1CCC(Cc2ccccc2)C1.I. The van der Waals surface area contributed by atoms with Crippen molar-refractivity contribution in [2.24, 2.45) is 10.9 Å². The number of aliphatic imine (C=N–C) groups is 1. The summed E-state index contributed by atoms with van der Waals surface area (Å²) in [5.41, 5.74) is 1.37. The van der Waals surface area contributed by atoms with Crippen molar-refractivity contribution >= 4 is 40.0 Å². The second kappa shape index (κ2) is 12.3. The van der Waals surface area contributed by atoms with Crippen LogP contribution in [0.25, 0.3) is 0 Å². The Balaban J connectivity index is 0.00000320. The number of likely N-dealkylation sites (tertiary alicyclic amines) is 1. The third-order valence-corrected chi connectivity index (χ3v) is 6.48. The zero-order chi connectivity index (χ0) is 20.5. The zero-order valence-corrected chi connectivity index (χ0v) is 20.5. The van der Waals surface area contributed by atoms with Gasteiger partial charge < -0.3 is 10.2 Å². The zero-order valence-electron chi connectivity index (χ0n) is 17.3. The number of sulfonamides is 1. The van der Waals surface area contributed by atoms with Crippen LogP contribution in [0.5, 0.6) is 0 Å². The van der Waals surface area contributed by atoms with E-state index < -0.39 is 10.0 Å². The van der Waals surface area contributed by atoms with Crippen LogP contribution in [0.4, 0.5) is 0 Å². The fourth-order valence-corrected chi connectivity index (χ4v) is 4.63. The molecule has 8 heteroatoms. The summed E-state index contributed by atoms with van der Waals surface area (Å²) < 4.78 is 27.2. The normalized spacial score (nSPS) is 16.9. The van der Waals surface area contributed by atoms with Crippen molar-refractivity contribution in [1.82, 2.24) is 14.9 Å². The monoisotopic (exact) mass is 542 g/mol. The lowest BCUT2D eigenvalue weighted by atomic mass is 9.99. The molecule has 2 aromatic rings. The minimum Gasteiger partial charge on any atom is -0.357 e. The van der Waals surface area contributed by atoms with Crippen LogP contribution in [-0.2, 0) is 16.4 Å². The lowest BCUT2D eigenvalue weighted by Crippen LogP contribution is -2.40. The number of rotatable bonds is 8. The van der Waals surface area contributed by atoms with Crippen LogP contribution >= 0.6 is 24.0 Å². The van der Waals surface area contributed by atoms with Gasteiger partial charge in [-0.1, -0.05) is 48.5 Å². The maximum Gasteiger partial charge on any atom is 0.240 e. The highest BCUT2D eigenvalue weighted by Crippen LogP contribution is 2.20. The molecule has 0 saturated carbocycles. The first-order valence-corrected chi connectivity index (χ1v) is 11.7. The quantitative estimate of drug-likeness (QED) is 0.233. The van der Waals surface area contributed by atoms with Gasteiger partial charge in [0, 0.05) is 26.2 Å². The topological polar surface area (TPSA) is 73.8 Å². The molecule has 0 spiro atoms. The van der Waals surface area contributed by atoms with E-state index in [4.69, 9.17) is 0 Å². The van der Waals surface area contributed by atoms with E-state index in [1.807, 2.05) is 13.0 Å². The summed E-state index contributed by atoms with van der Waals surface area (Å²) >= 11 is 0. The number of nitrogens with zero attached hydrogens (tertiary/aromatic N) is 2. The predicted octanol–water partition coefficient (Wildman–Crippen LogP) is 3.11. The summed E-state index contributed by atoms with van der Waals surface area (Å²) in [5.74, 6) is 1.47. The standard InChI is InChI=1S/C22H30N4O2S.HI/c1-2-23-22(24-14-15-25-29(27,28)21-11-7-4-8-12-21)26-16-13-20(18-26)17-19-9-5-3-6-10-19;/h3-12,20,25H,2,13-18H2,1H3,(H,23,24);1H. The van der Waals surface area contributed by atoms with Crippen molar-refractivity contribution in [1.29, 1.82) is 0 Å². The van der Waals surface area contributed by atoms with Crippen molar-refractivity contribution in [2.75, 3.05) is 32.7 Å². The molecule has 164 valence electrons. The molecule has 1 saturated heterocycles. The van der Waals surface area contributed by atoms with E-state index in [1.165, 1.54) is 5.56 Å². The summed E-state index contributed by atoms with van der Waals surface area (Å²) in [5, 5.41) is 3.34. The maximum absolute atomic E-state index is 12.3. The molecule has 30 heavy (non-hydrogen) atoms. The summed E-state index contributed by atoms with van der Waals surface area (Å²) in [7, 11) is -3.49. The van der Waals surface area contributed by atoms with E-state index in [1.54, 1.807) is 30.3 Å². The van der Waals surface area contributed by atoms with E-state index >= 15 is 0 Å². The van der Waals surface area contributed by atoms with Crippen LogP contribution in [0, 0.1) is 5.92 Å². The Hall–Kier alpha value is -1.65. The molecule has 2 aromatic carbocycles. The lowest BCUT2D eigenvalue weighted by molar-refractivity contribution is 0.460. The third-order valence-electron chi connectivity index (χ3n) is 5.01. The van der Waals surface area contributed by atoms with Gasteiger partial charge in [-0.3, -0.25) is 4.99 Å². The highest BCUT2D eigenvalue weighted by Gasteiger charge is 2.25. The molecule has 0 radical (unpaired) electrons. The molecule has 1 atom stereocenters. The molecule has 1 aliphatic heterocycles. The van der Waals surface area contributed by atoms with Crippen LogP contribution in [0.3, 0.4) is 0 Å². The molecular formula is C22H31IN4O2S. The third kappa shape index (κ3) is 7.24. The van der Waals surface area contributed by atoms with Crippen molar-refractivity contribution < 1.29 is 8.42 Å². The van der Waals surface area contributed by atoms with Gasteiger partial charge in [-0.25, -0.2) is 13.1 Å². The first-order chi connectivity index (χ1) is 14.1. The molecule has 1 fully saturated rings. The molecule has 1 heterocycles. The Morgan fingerprint density at radius 2 is 1.77 bits per heavy atom. The average Bonchev–Trinajstić information content (AvgIpc) is 3.20. The van der Waals surface area contributed by atoms with Crippen molar-refractivity contribution in [3.8, 4) is 0 Å². The van der Waals surface area contributed by atoms with E-state index in [0.29, 0.717) is 12.5 Å². The Labute approximate surface area is 197 Å². The Kier molecular flexibility index (Phi) is 10.1. The average molecular weight is 542 g/mol. The van der Waals surface area contributed by atoms with Gasteiger partial charge in [-0.2, -0.15) is 0 Å². The number of hydrogen-bond acceptors (Lipinski definition) is 3. The summed E-state index contributed by atoms with van der Waals surface area (Å²) in [6.45, 7) is 5.44. The minimum atomic E-state index is -3.49. The molecular weight excluding hydrogens is 511 g/mol. The first-order valence-electron chi connectivity index (χ1n) is 10.2. The van der Waals surface area contributed by atoms with Gasteiger partial charge >= 0.3 is 0 Å². The molecule has 0 bridgehead atoms. The fourth-order valence-electron chi connectivity index (χ4n) is 3.59. The number of nitrogens with one attached hydrogen (secondary N) is 2. The van der Waals surface area contributed by atoms with Crippen molar-refractivity contribution in [3.05, 3.63) is 66.2 Å². The van der Waals surface area contributed by atoms with E-state index in [2.05, 4.69) is 44.2 Å². The number of hydrogen-bond donors (Lipinski definition) is 2. The van der Waals surface area contributed by atoms with E-state index in [-0.39, 0.29) is 35.4 Å². The van der Waals surface area contributed by atoms with Gasteiger partial charge in [0.05, 0.1) is 11.4 Å². The van der Waals surface area contributed by atoms with E-state index in [0.717, 1.165) is 38.4 Å². The summed E-state index contributed by atoms with van der Waals surface area (Å²) in [6, 6.07) is 19.0. The Bertz CT molecular complexity index is 892. The number of benzene rings is 2.